The lowest BCUT2D eigenvalue weighted by Crippen LogP contribution is -2.24. The van der Waals surface area contributed by atoms with Gasteiger partial charge in [0.2, 0.25) is 0 Å². The average Bonchev–Trinajstić information content (AvgIpc) is 3.42. The first-order chi connectivity index (χ1) is 17.1. The second-order valence-electron chi connectivity index (χ2n) is 9.39. The lowest BCUT2D eigenvalue weighted by Gasteiger charge is -2.27. The number of anilines is 1. The van der Waals surface area contributed by atoms with Crippen molar-refractivity contribution in [1.29, 1.82) is 0 Å². The number of nitrogens with one attached hydrogen (secondary N) is 2. The summed E-state index contributed by atoms with van der Waals surface area (Å²) >= 11 is 2.66. The molecule has 1 aliphatic carbocycles. The van der Waals surface area contributed by atoms with Gasteiger partial charge >= 0.3 is 0 Å². The van der Waals surface area contributed by atoms with Gasteiger partial charge in [-0.05, 0) is 50.3 Å². The number of hydrogen-bond donors (Lipinski definition) is 2. The first-order valence-electron chi connectivity index (χ1n) is 12.2. The van der Waals surface area contributed by atoms with E-state index >= 15 is 0 Å². The molecule has 0 amide bonds. The Bertz CT molecular complexity index is 1420. The molecule has 0 saturated carbocycles. The molecule has 4 heterocycles. The maximum atomic E-state index is 5.04. The number of imidazole rings is 1. The van der Waals surface area contributed by atoms with Crippen LogP contribution >= 0.6 is 22.6 Å². The summed E-state index contributed by atoms with van der Waals surface area (Å²) < 4.78 is 2.17. The summed E-state index contributed by atoms with van der Waals surface area (Å²) in [4.78, 5) is 18.9. The average molecular weight is 577 g/mol. The lowest BCUT2D eigenvalue weighted by atomic mass is 9.86. The second-order valence-corrected chi connectivity index (χ2v) is 11.5. The Hall–Kier alpha value is -3.01. The van der Waals surface area contributed by atoms with Crippen LogP contribution in [0.25, 0.3) is 28.0 Å². The highest BCUT2D eigenvalue weighted by Gasteiger charge is 2.38. The monoisotopic (exact) mass is 577 g/mol. The number of benzene rings is 1. The molecule has 1 aromatic carbocycles. The SMILES string of the molecule is CCn1c(C2=CN[C@@H](C)N=C2)nc2c(-c3ccc4c(c3)C(I)(CC3C=CC=CC3)CN4)ncnc21. The van der Waals surface area contributed by atoms with Gasteiger partial charge < -0.3 is 15.2 Å². The second kappa shape index (κ2) is 8.89. The van der Waals surface area contributed by atoms with Crippen molar-refractivity contribution in [2.45, 2.75) is 42.8 Å². The zero-order valence-corrected chi connectivity index (χ0v) is 22.0. The summed E-state index contributed by atoms with van der Waals surface area (Å²) in [5.74, 6) is 1.42. The Kier molecular flexibility index (Phi) is 5.70. The molecule has 0 saturated heterocycles. The van der Waals surface area contributed by atoms with Gasteiger partial charge in [-0.3, -0.25) is 4.99 Å². The highest BCUT2D eigenvalue weighted by Crippen LogP contribution is 2.48. The number of allylic oxidation sites excluding steroid dienone is 5. The number of aryl methyl sites for hydroxylation is 1. The molecule has 2 unspecified atom stereocenters. The van der Waals surface area contributed by atoms with Gasteiger partial charge in [-0.25, -0.2) is 15.0 Å². The number of aromatic nitrogens is 4. The fourth-order valence-corrected chi connectivity index (χ4v) is 6.40. The molecular weight excluding hydrogens is 549 g/mol. The number of rotatable bonds is 5. The smallest absolute Gasteiger partial charge is 0.164 e. The van der Waals surface area contributed by atoms with E-state index in [-0.39, 0.29) is 9.59 Å². The van der Waals surface area contributed by atoms with Crippen molar-refractivity contribution in [3.8, 4) is 11.3 Å². The van der Waals surface area contributed by atoms with E-state index in [1.807, 2.05) is 19.3 Å². The number of aliphatic imine (C=N–C) groups is 1. The quantitative estimate of drug-likeness (QED) is 0.312. The molecular formula is C27H28IN7. The Morgan fingerprint density at radius 1 is 1.23 bits per heavy atom. The van der Waals surface area contributed by atoms with Crippen LogP contribution in [0.1, 0.15) is 38.1 Å². The van der Waals surface area contributed by atoms with Gasteiger partial charge in [0.1, 0.15) is 29.5 Å². The van der Waals surface area contributed by atoms with Crippen LogP contribution in [0.4, 0.5) is 5.69 Å². The fraction of sp³-hybridized carbons (Fsp3) is 0.333. The molecule has 3 atom stereocenters. The van der Waals surface area contributed by atoms with Crippen LogP contribution < -0.4 is 10.6 Å². The van der Waals surface area contributed by atoms with E-state index in [1.54, 1.807) is 6.33 Å². The molecule has 7 nitrogen and oxygen atoms in total. The van der Waals surface area contributed by atoms with Gasteiger partial charge in [-0.1, -0.05) is 53.0 Å². The van der Waals surface area contributed by atoms with Crippen molar-refractivity contribution in [2.24, 2.45) is 10.9 Å². The van der Waals surface area contributed by atoms with Crippen LogP contribution in [-0.4, -0.2) is 38.4 Å². The summed E-state index contributed by atoms with van der Waals surface area (Å²) in [6, 6.07) is 6.64. The minimum atomic E-state index is 0.0368. The van der Waals surface area contributed by atoms with Crippen LogP contribution in [0.3, 0.4) is 0 Å². The molecule has 3 aromatic rings. The summed E-state index contributed by atoms with van der Waals surface area (Å²) in [6.07, 6.45) is 16.7. The largest absolute Gasteiger partial charge is 0.383 e. The molecule has 3 aliphatic rings. The van der Waals surface area contributed by atoms with Gasteiger partial charge in [-0.2, -0.15) is 0 Å². The third-order valence-electron chi connectivity index (χ3n) is 7.01. The zero-order valence-electron chi connectivity index (χ0n) is 19.9. The Morgan fingerprint density at radius 3 is 2.91 bits per heavy atom. The molecule has 35 heavy (non-hydrogen) atoms. The minimum Gasteiger partial charge on any atom is -0.383 e. The molecule has 2 aliphatic heterocycles. The Labute approximate surface area is 218 Å². The molecule has 6 rings (SSSR count). The van der Waals surface area contributed by atoms with Crippen LogP contribution in [0.15, 0.2) is 60.0 Å². The van der Waals surface area contributed by atoms with Crippen molar-refractivity contribution < 1.29 is 0 Å². The van der Waals surface area contributed by atoms with E-state index in [1.165, 1.54) is 11.3 Å². The van der Waals surface area contributed by atoms with Gasteiger partial charge in [0.25, 0.3) is 0 Å². The van der Waals surface area contributed by atoms with Crippen LogP contribution in [0, 0.1) is 5.92 Å². The lowest BCUT2D eigenvalue weighted by molar-refractivity contribution is 0.514. The number of fused-ring (bicyclic) bond motifs is 2. The molecule has 178 valence electrons. The van der Waals surface area contributed by atoms with Crippen LogP contribution in [0.2, 0.25) is 0 Å². The van der Waals surface area contributed by atoms with E-state index in [0.29, 0.717) is 5.92 Å². The van der Waals surface area contributed by atoms with E-state index in [9.17, 15) is 0 Å². The normalized spacial score (nSPS) is 24.8. The van der Waals surface area contributed by atoms with Crippen LogP contribution in [-0.2, 0) is 9.97 Å². The first kappa shape index (κ1) is 22.5. The van der Waals surface area contributed by atoms with Crippen molar-refractivity contribution in [3.63, 3.8) is 0 Å². The van der Waals surface area contributed by atoms with Crippen LogP contribution in [0.5, 0.6) is 0 Å². The van der Waals surface area contributed by atoms with Crippen molar-refractivity contribution in [2.75, 3.05) is 11.9 Å². The van der Waals surface area contributed by atoms with Gasteiger partial charge in [0.05, 0.1) is 8.99 Å². The van der Waals surface area contributed by atoms with E-state index in [4.69, 9.17) is 9.97 Å². The molecule has 8 heteroatoms. The molecule has 2 N–H and O–H groups in total. The van der Waals surface area contributed by atoms with Gasteiger partial charge in [0.15, 0.2) is 5.65 Å². The summed E-state index contributed by atoms with van der Waals surface area (Å²) in [5.41, 5.74) is 7.12. The van der Waals surface area contributed by atoms with Gasteiger partial charge in [-0.15, -0.1) is 0 Å². The predicted molar refractivity (Wildman–Crippen MR) is 151 cm³/mol. The number of hydrogen-bond acceptors (Lipinski definition) is 6. The molecule has 2 aromatic heterocycles. The number of alkyl halides is 1. The van der Waals surface area contributed by atoms with E-state index in [2.05, 4.69) is 97.2 Å². The Morgan fingerprint density at radius 2 is 2.14 bits per heavy atom. The van der Waals surface area contributed by atoms with Crippen molar-refractivity contribution >= 4 is 51.2 Å². The molecule has 0 bridgehead atoms. The molecule has 0 fully saturated rings. The topological polar surface area (TPSA) is 80.0 Å². The Balaban J connectivity index is 1.42. The summed E-state index contributed by atoms with van der Waals surface area (Å²) in [6.45, 7) is 5.83. The minimum absolute atomic E-state index is 0.0368. The third-order valence-corrected chi connectivity index (χ3v) is 8.42. The van der Waals surface area contributed by atoms with E-state index in [0.717, 1.165) is 59.7 Å². The summed E-state index contributed by atoms with van der Waals surface area (Å²) in [7, 11) is 0. The number of halogens is 1. The molecule has 0 radical (unpaired) electrons. The third kappa shape index (κ3) is 3.97. The zero-order chi connectivity index (χ0) is 24.0. The predicted octanol–water partition coefficient (Wildman–Crippen LogP) is 5.45. The standard InChI is InChI=1S/C27H28IN7/c1-3-35-25(20-13-29-17(2)30-14-20)34-24-23(32-16-33-26(24)35)19-9-10-22-21(11-19)27(28,15-31-22)12-18-7-5-4-6-8-18/h4-7,9-11,13-14,16-18,29,31H,3,8,12,15H2,1-2H3/t17-,18?,27?/m1/s1. The fourth-order valence-electron chi connectivity index (χ4n) is 5.20. The maximum absolute atomic E-state index is 5.04. The highest BCUT2D eigenvalue weighted by molar-refractivity contribution is 14.1. The van der Waals surface area contributed by atoms with E-state index < -0.39 is 0 Å². The van der Waals surface area contributed by atoms with Crippen molar-refractivity contribution in [1.82, 2.24) is 24.8 Å². The highest BCUT2D eigenvalue weighted by atomic mass is 127. The summed E-state index contributed by atoms with van der Waals surface area (Å²) in [5, 5.41) is 6.91. The molecule has 0 spiro atoms. The number of nitrogens with zero attached hydrogens (tertiary/aromatic N) is 5. The maximum Gasteiger partial charge on any atom is 0.164 e. The van der Waals surface area contributed by atoms with Crippen molar-refractivity contribution in [3.05, 3.63) is 66.4 Å². The first-order valence-corrected chi connectivity index (χ1v) is 13.3. The van der Waals surface area contributed by atoms with Gasteiger partial charge in [0, 0.05) is 36.8 Å².